The number of carbonyl (C=O) groups excluding carboxylic acids is 1. The van der Waals surface area contributed by atoms with Crippen LogP contribution in [0, 0.1) is 0 Å². The van der Waals surface area contributed by atoms with Gasteiger partial charge in [-0.25, -0.2) is 9.67 Å². The van der Waals surface area contributed by atoms with E-state index in [0.717, 1.165) is 11.8 Å². The summed E-state index contributed by atoms with van der Waals surface area (Å²) in [7, 11) is 0. The van der Waals surface area contributed by atoms with Gasteiger partial charge in [-0.2, -0.15) is 5.10 Å². The number of nitrogens with zero attached hydrogens (tertiary/aromatic N) is 3. The molecule has 0 bridgehead atoms. The van der Waals surface area contributed by atoms with Crippen LogP contribution in [0.25, 0.3) is 5.82 Å². The minimum Gasteiger partial charge on any atom is -0.481 e. The highest BCUT2D eigenvalue weighted by molar-refractivity contribution is 8.00. The van der Waals surface area contributed by atoms with E-state index in [0.29, 0.717) is 11.5 Å². The Morgan fingerprint density at radius 2 is 2.15 bits per heavy atom. The van der Waals surface area contributed by atoms with Crippen molar-refractivity contribution in [3.8, 4) is 5.82 Å². The molecule has 0 aliphatic carbocycles. The van der Waals surface area contributed by atoms with Crippen molar-refractivity contribution >= 4 is 29.3 Å². The molecule has 0 radical (unpaired) electrons. The van der Waals surface area contributed by atoms with Gasteiger partial charge in [0.25, 0.3) is 0 Å². The number of aliphatic carboxylic acids is 1. The maximum atomic E-state index is 11.7. The third-order valence-corrected chi connectivity index (χ3v) is 3.16. The van der Waals surface area contributed by atoms with Gasteiger partial charge >= 0.3 is 5.97 Å². The summed E-state index contributed by atoms with van der Waals surface area (Å²) in [6, 6.07) is 5.17. The minimum absolute atomic E-state index is 0.0692. The van der Waals surface area contributed by atoms with Crippen LogP contribution in [0.2, 0.25) is 0 Å². The smallest absolute Gasteiger partial charge is 0.313 e. The van der Waals surface area contributed by atoms with Crippen molar-refractivity contribution in [1.29, 1.82) is 0 Å². The third kappa shape index (κ3) is 3.82. The Morgan fingerprint density at radius 1 is 1.30 bits per heavy atom. The number of aromatic nitrogens is 3. The van der Waals surface area contributed by atoms with Gasteiger partial charge in [-0.3, -0.25) is 9.59 Å². The highest BCUT2D eigenvalue weighted by atomic mass is 32.2. The zero-order valence-electron chi connectivity index (χ0n) is 10.4. The van der Waals surface area contributed by atoms with Crippen molar-refractivity contribution in [2.75, 3.05) is 16.8 Å². The minimum atomic E-state index is -0.943. The number of thioether (sulfide) groups is 1. The SMILES string of the molecule is O=C(O)CSCC(=O)Nc1cccnc1-n1cccn1. The van der Waals surface area contributed by atoms with Gasteiger partial charge in [-0.1, -0.05) is 0 Å². The molecule has 0 aliphatic rings. The first-order valence-corrected chi connectivity index (χ1v) is 6.86. The molecule has 0 spiro atoms. The summed E-state index contributed by atoms with van der Waals surface area (Å²) >= 11 is 1.04. The number of anilines is 1. The van der Waals surface area contributed by atoms with Crippen LogP contribution in [0.3, 0.4) is 0 Å². The van der Waals surface area contributed by atoms with Gasteiger partial charge in [-0.15, -0.1) is 11.8 Å². The van der Waals surface area contributed by atoms with Gasteiger partial charge in [0.05, 0.1) is 17.2 Å². The largest absolute Gasteiger partial charge is 0.481 e. The number of nitrogens with one attached hydrogen (secondary N) is 1. The Hall–Kier alpha value is -2.35. The molecule has 0 aliphatic heterocycles. The van der Waals surface area contributed by atoms with Gasteiger partial charge in [0, 0.05) is 18.6 Å². The van der Waals surface area contributed by atoms with Gasteiger partial charge in [0.1, 0.15) is 0 Å². The van der Waals surface area contributed by atoms with E-state index in [4.69, 9.17) is 5.11 Å². The molecule has 104 valence electrons. The van der Waals surface area contributed by atoms with Crippen molar-refractivity contribution in [2.24, 2.45) is 0 Å². The number of amides is 1. The number of rotatable bonds is 6. The van der Waals surface area contributed by atoms with Crippen molar-refractivity contribution in [1.82, 2.24) is 14.8 Å². The average molecular weight is 292 g/mol. The van der Waals surface area contributed by atoms with E-state index in [-0.39, 0.29) is 17.4 Å². The summed E-state index contributed by atoms with van der Waals surface area (Å²) in [6.07, 6.45) is 4.94. The molecule has 1 amide bonds. The summed E-state index contributed by atoms with van der Waals surface area (Å²) < 4.78 is 1.54. The predicted octanol–water partition coefficient (Wildman–Crippen LogP) is 1.02. The normalized spacial score (nSPS) is 10.2. The first kappa shape index (κ1) is 14.1. The Labute approximate surface area is 119 Å². The van der Waals surface area contributed by atoms with Crippen LogP contribution in [-0.4, -0.2) is 43.3 Å². The number of hydrogen-bond donors (Lipinski definition) is 2. The lowest BCUT2D eigenvalue weighted by atomic mass is 10.4. The molecule has 2 rings (SSSR count). The summed E-state index contributed by atoms with van der Waals surface area (Å²) in [4.78, 5) is 26.3. The van der Waals surface area contributed by atoms with E-state index in [1.165, 1.54) is 0 Å². The molecule has 7 nitrogen and oxygen atoms in total. The zero-order valence-corrected chi connectivity index (χ0v) is 11.2. The van der Waals surface area contributed by atoms with Crippen LogP contribution in [0.1, 0.15) is 0 Å². The fourth-order valence-corrected chi connectivity index (χ4v) is 2.02. The molecule has 0 saturated heterocycles. The van der Waals surface area contributed by atoms with E-state index in [1.54, 1.807) is 41.5 Å². The first-order valence-electron chi connectivity index (χ1n) is 5.71. The second-order valence-electron chi connectivity index (χ2n) is 3.76. The summed E-state index contributed by atoms with van der Waals surface area (Å²) in [6.45, 7) is 0. The van der Waals surface area contributed by atoms with E-state index in [9.17, 15) is 9.59 Å². The standard InChI is InChI=1S/C12H12N4O3S/c17-10(7-20-8-11(18)19)15-9-3-1-4-13-12(9)16-6-2-5-14-16/h1-6H,7-8H2,(H,15,17)(H,18,19). The molecule has 0 saturated carbocycles. The highest BCUT2D eigenvalue weighted by Crippen LogP contribution is 2.16. The molecular weight excluding hydrogens is 280 g/mol. The number of carbonyl (C=O) groups is 2. The zero-order chi connectivity index (χ0) is 14.4. The molecule has 2 N–H and O–H groups in total. The Bertz CT molecular complexity index is 601. The third-order valence-electron chi connectivity index (χ3n) is 2.24. The van der Waals surface area contributed by atoms with Crippen molar-refractivity contribution in [3.05, 3.63) is 36.8 Å². The lowest BCUT2D eigenvalue weighted by molar-refractivity contribution is -0.133. The lowest BCUT2D eigenvalue weighted by Crippen LogP contribution is -2.17. The van der Waals surface area contributed by atoms with Crippen LogP contribution in [0.15, 0.2) is 36.8 Å². The fraction of sp³-hybridized carbons (Fsp3) is 0.167. The number of hydrogen-bond acceptors (Lipinski definition) is 5. The maximum absolute atomic E-state index is 11.7. The molecule has 8 heteroatoms. The van der Waals surface area contributed by atoms with Crippen LogP contribution >= 0.6 is 11.8 Å². The van der Waals surface area contributed by atoms with Gasteiger partial charge in [0.2, 0.25) is 5.91 Å². The summed E-state index contributed by atoms with van der Waals surface area (Å²) in [5, 5.41) is 15.3. The average Bonchev–Trinajstić information content (AvgIpc) is 2.92. The van der Waals surface area contributed by atoms with Crippen molar-refractivity contribution in [2.45, 2.75) is 0 Å². The van der Waals surface area contributed by atoms with E-state index in [1.807, 2.05) is 0 Å². The van der Waals surface area contributed by atoms with Crippen LogP contribution < -0.4 is 5.32 Å². The molecule has 0 unspecified atom stereocenters. The highest BCUT2D eigenvalue weighted by Gasteiger charge is 2.10. The van der Waals surface area contributed by atoms with E-state index in [2.05, 4.69) is 15.4 Å². The molecule has 0 aromatic carbocycles. The molecule has 2 heterocycles. The molecule has 0 fully saturated rings. The Morgan fingerprint density at radius 3 is 2.85 bits per heavy atom. The Balaban J connectivity index is 2.03. The number of pyridine rings is 1. The van der Waals surface area contributed by atoms with Gasteiger partial charge in [0.15, 0.2) is 5.82 Å². The second-order valence-corrected chi connectivity index (χ2v) is 4.75. The summed E-state index contributed by atoms with van der Waals surface area (Å²) in [5.74, 6) is -0.750. The monoisotopic (exact) mass is 292 g/mol. The molecular formula is C12H12N4O3S. The maximum Gasteiger partial charge on any atom is 0.313 e. The fourth-order valence-electron chi connectivity index (χ4n) is 1.49. The molecule has 20 heavy (non-hydrogen) atoms. The van der Waals surface area contributed by atoms with E-state index < -0.39 is 5.97 Å². The molecule has 2 aromatic rings. The summed E-state index contributed by atoms with van der Waals surface area (Å²) in [5.41, 5.74) is 0.525. The van der Waals surface area contributed by atoms with Gasteiger partial charge in [-0.05, 0) is 18.2 Å². The number of carboxylic acids is 1. The number of carboxylic acid groups (broad SMARTS) is 1. The Kier molecular flexibility index (Phi) is 4.72. The second kappa shape index (κ2) is 6.71. The first-order chi connectivity index (χ1) is 9.66. The predicted molar refractivity (Wildman–Crippen MR) is 74.9 cm³/mol. The van der Waals surface area contributed by atoms with E-state index >= 15 is 0 Å². The van der Waals surface area contributed by atoms with Crippen LogP contribution in [0.5, 0.6) is 0 Å². The topological polar surface area (TPSA) is 97.1 Å². The van der Waals surface area contributed by atoms with Crippen LogP contribution in [0.4, 0.5) is 5.69 Å². The molecule has 2 aromatic heterocycles. The van der Waals surface area contributed by atoms with Crippen molar-refractivity contribution in [3.63, 3.8) is 0 Å². The lowest BCUT2D eigenvalue weighted by Gasteiger charge is -2.09. The van der Waals surface area contributed by atoms with Crippen LogP contribution in [-0.2, 0) is 9.59 Å². The molecule has 0 atom stereocenters. The quantitative estimate of drug-likeness (QED) is 0.825. The van der Waals surface area contributed by atoms with Crippen molar-refractivity contribution < 1.29 is 14.7 Å². The van der Waals surface area contributed by atoms with Gasteiger partial charge < -0.3 is 10.4 Å².